The molecule has 2 aliphatic carbocycles. The van der Waals surface area contributed by atoms with Crippen molar-refractivity contribution in [1.82, 2.24) is 15.5 Å². The summed E-state index contributed by atoms with van der Waals surface area (Å²) in [5.74, 6) is 3.29. The van der Waals surface area contributed by atoms with Crippen molar-refractivity contribution >= 4 is 24.2 Å². The van der Waals surface area contributed by atoms with Gasteiger partial charge in [-0.2, -0.15) is 0 Å². The average Bonchev–Trinajstić information content (AvgIpc) is 3.96. The molecule has 51 heavy (non-hydrogen) atoms. The van der Waals surface area contributed by atoms with Crippen LogP contribution in [-0.2, 0) is 16.0 Å². The zero-order valence-electron chi connectivity index (χ0n) is 33.0. The van der Waals surface area contributed by atoms with Crippen LogP contribution in [0.3, 0.4) is 0 Å². The third-order valence-electron chi connectivity index (χ3n) is 9.30. The number of hydrogen-bond donors (Lipinski definition) is 3. The largest absolute Gasteiger partial charge is 0.494 e. The van der Waals surface area contributed by atoms with Crippen LogP contribution in [0.4, 0.5) is 5.69 Å². The van der Waals surface area contributed by atoms with Gasteiger partial charge in [0.05, 0.1) is 19.5 Å². The summed E-state index contributed by atoms with van der Waals surface area (Å²) in [6.45, 7) is 22.5. The molecule has 2 aliphatic heterocycles. The number of aliphatic imine (C=N–C) groups is 1. The number of amides is 1. The fourth-order valence-corrected chi connectivity index (χ4v) is 6.42. The van der Waals surface area contributed by atoms with Crippen molar-refractivity contribution in [1.29, 1.82) is 0 Å². The molecule has 2 heterocycles. The van der Waals surface area contributed by atoms with Gasteiger partial charge in [0.1, 0.15) is 12.0 Å². The van der Waals surface area contributed by atoms with Crippen LogP contribution in [0, 0.1) is 11.8 Å². The van der Waals surface area contributed by atoms with E-state index in [9.17, 15) is 9.59 Å². The smallest absolute Gasteiger partial charge is 0.224 e. The van der Waals surface area contributed by atoms with Gasteiger partial charge in [0, 0.05) is 49.9 Å². The van der Waals surface area contributed by atoms with Gasteiger partial charge in [-0.25, -0.2) is 0 Å². The Morgan fingerprint density at radius 1 is 1.06 bits per heavy atom. The highest BCUT2D eigenvalue weighted by Gasteiger charge is 2.25. The molecule has 0 radical (unpaired) electrons. The van der Waals surface area contributed by atoms with Crippen LogP contribution in [0.1, 0.15) is 124 Å². The van der Waals surface area contributed by atoms with Gasteiger partial charge in [-0.15, -0.1) is 6.58 Å². The molecule has 2 saturated carbocycles. The number of benzene rings is 1. The van der Waals surface area contributed by atoms with Gasteiger partial charge in [-0.05, 0) is 75.3 Å². The van der Waals surface area contributed by atoms with E-state index >= 15 is 0 Å². The molecule has 5 rings (SSSR count). The van der Waals surface area contributed by atoms with E-state index in [-0.39, 0.29) is 12.5 Å². The molecule has 4 aliphatic rings. The Kier molecular flexibility index (Phi) is 27.3. The highest BCUT2D eigenvalue weighted by atomic mass is 16.5. The first-order valence-corrected chi connectivity index (χ1v) is 20.0. The number of allylic oxidation sites excluding steroid dienone is 3. The van der Waals surface area contributed by atoms with Crippen molar-refractivity contribution in [2.75, 3.05) is 44.6 Å². The molecule has 0 spiro atoms. The topological polar surface area (TPSA) is 95.1 Å². The number of piperazine rings is 1. The molecule has 1 amide bonds. The normalized spacial score (nSPS) is 19.0. The molecule has 1 atom stereocenters. The lowest BCUT2D eigenvalue weighted by molar-refractivity contribution is -0.116. The van der Waals surface area contributed by atoms with Crippen molar-refractivity contribution < 1.29 is 14.3 Å². The number of aldehydes is 1. The van der Waals surface area contributed by atoms with Gasteiger partial charge in [0.15, 0.2) is 0 Å². The summed E-state index contributed by atoms with van der Waals surface area (Å²) in [6, 6.07) is 6.52. The van der Waals surface area contributed by atoms with Crippen molar-refractivity contribution in [3.8, 4) is 5.75 Å². The Morgan fingerprint density at radius 2 is 1.75 bits per heavy atom. The highest BCUT2D eigenvalue weighted by Crippen LogP contribution is 2.39. The molecule has 3 N–H and O–H groups in total. The Morgan fingerprint density at radius 3 is 2.39 bits per heavy atom. The van der Waals surface area contributed by atoms with Crippen LogP contribution in [-0.4, -0.2) is 68.8 Å². The van der Waals surface area contributed by atoms with E-state index in [0.717, 1.165) is 87.3 Å². The Labute approximate surface area is 312 Å². The Bertz CT molecular complexity index is 1140. The van der Waals surface area contributed by atoms with Gasteiger partial charge in [0.2, 0.25) is 5.91 Å². The fourth-order valence-electron chi connectivity index (χ4n) is 6.42. The molecule has 3 fully saturated rings. The Hall–Kier alpha value is -3.23. The minimum atomic E-state index is 0.102. The van der Waals surface area contributed by atoms with Gasteiger partial charge < -0.3 is 25.5 Å². The summed E-state index contributed by atoms with van der Waals surface area (Å²) < 4.78 is 5.93. The summed E-state index contributed by atoms with van der Waals surface area (Å²) in [6.07, 6.45) is 26.5. The average molecular weight is 708 g/mol. The van der Waals surface area contributed by atoms with Crippen molar-refractivity contribution in [2.45, 2.75) is 131 Å². The second-order valence-electron chi connectivity index (χ2n) is 13.5. The second-order valence-corrected chi connectivity index (χ2v) is 13.5. The van der Waals surface area contributed by atoms with E-state index in [0.29, 0.717) is 12.5 Å². The maximum atomic E-state index is 11.4. The number of rotatable bonds is 13. The lowest BCUT2D eigenvalue weighted by Crippen LogP contribution is -2.51. The molecule has 0 bridgehead atoms. The molecule has 1 saturated heterocycles. The summed E-state index contributed by atoms with van der Waals surface area (Å²) in [7, 11) is 0. The molecular weight excluding hydrogens is 635 g/mol. The van der Waals surface area contributed by atoms with E-state index < -0.39 is 0 Å². The van der Waals surface area contributed by atoms with E-state index in [1.165, 1.54) is 44.0 Å². The second kappa shape index (κ2) is 30.4. The molecule has 1 aromatic rings. The molecule has 0 aromatic heterocycles. The number of aryl methyl sites for hydroxylation is 1. The zero-order chi connectivity index (χ0) is 37.5. The molecule has 288 valence electrons. The highest BCUT2D eigenvalue weighted by molar-refractivity contribution is 5.94. The zero-order valence-corrected chi connectivity index (χ0v) is 33.0. The molecular formula is C43H73N5O3. The number of hydrogen-bond acceptors (Lipinski definition) is 6. The van der Waals surface area contributed by atoms with E-state index in [1.807, 2.05) is 52.0 Å². The predicted octanol–water partition coefficient (Wildman–Crippen LogP) is 9.28. The van der Waals surface area contributed by atoms with Crippen LogP contribution < -0.4 is 20.7 Å². The minimum Gasteiger partial charge on any atom is -0.494 e. The van der Waals surface area contributed by atoms with E-state index in [4.69, 9.17) is 4.74 Å². The number of carbonyl (C=O) groups is 2. The number of nitrogens with one attached hydrogen (secondary N) is 3. The van der Waals surface area contributed by atoms with E-state index in [1.54, 1.807) is 38.2 Å². The third kappa shape index (κ3) is 22.3. The Balaban J connectivity index is 0.000000384. The first-order chi connectivity index (χ1) is 24.9. The number of fused-ring (bicyclic) bond motifs is 1. The number of likely N-dealkylation sites (N-methyl/N-ethyl adjacent to an activating group) is 1. The van der Waals surface area contributed by atoms with Crippen LogP contribution >= 0.6 is 0 Å². The summed E-state index contributed by atoms with van der Waals surface area (Å²) in [5.41, 5.74) is 2.96. The predicted molar refractivity (Wildman–Crippen MR) is 219 cm³/mol. The first-order valence-electron chi connectivity index (χ1n) is 20.0. The number of carbonyl (C=O) groups excluding carboxylic acids is 2. The van der Waals surface area contributed by atoms with Gasteiger partial charge in [0.25, 0.3) is 0 Å². The molecule has 8 nitrogen and oxygen atoms in total. The quantitative estimate of drug-likeness (QED) is 0.0819. The van der Waals surface area contributed by atoms with Gasteiger partial charge in [-0.1, -0.05) is 103 Å². The van der Waals surface area contributed by atoms with E-state index in [2.05, 4.69) is 52.0 Å². The molecule has 1 aromatic carbocycles. The van der Waals surface area contributed by atoms with Crippen LogP contribution in [0.5, 0.6) is 5.75 Å². The summed E-state index contributed by atoms with van der Waals surface area (Å²) in [4.78, 5) is 27.5. The third-order valence-corrected chi connectivity index (χ3v) is 9.30. The summed E-state index contributed by atoms with van der Waals surface area (Å²) in [5, 5.41) is 9.21. The number of nitrogens with zero attached hydrogens (tertiary/aromatic N) is 2. The maximum absolute atomic E-state index is 11.4. The first kappa shape index (κ1) is 45.8. The lowest BCUT2D eigenvalue weighted by Gasteiger charge is -2.35. The van der Waals surface area contributed by atoms with Crippen LogP contribution in [0.2, 0.25) is 0 Å². The standard InChI is InChI=1S/C17H25N3O2.C12H22.C9H14N2O.C3H6.C2H6/c1-2-20-9-8-18-12-14(20)7-10-22-15-4-5-16-13(11-15)3-6-17(21)19-16;1-2-4-6-11(7-5-3-1)10-12-8-9-12;1-3-4-5-9(2)11-8-10-6-7-12;1-3-2;1-2/h4-5,11,14,18H,2-3,6-10,12H2,1H3,(H,19,21);11-12H,1-10H2;3-4,7-8H,2,5-6H2,1H3,(H,10,11);3H,1H2,2H3;1-2H3/b;;4-3-;;. The number of ether oxygens (including phenoxy) is 1. The monoisotopic (exact) mass is 708 g/mol. The molecule has 1 unspecified atom stereocenters. The van der Waals surface area contributed by atoms with Gasteiger partial charge >= 0.3 is 0 Å². The minimum absolute atomic E-state index is 0.102. The van der Waals surface area contributed by atoms with Crippen molar-refractivity contribution in [2.24, 2.45) is 16.8 Å². The maximum Gasteiger partial charge on any atom is 0.224 e. The SMILES string of the molecule is C1CCCC(CC2CC2)CCC1.C=C(C/C=C\C)NC=NCC=O.C=CC.CC.CCN1CCNCC1CCOc1ccc2c(c1)CCC(=O)N2. The van der Waals surface area contributed by atoms with Crippen molar-refractivity contribution in [3.05, 3.63) is 60.8 Å². The molecule has 8 heteroatoms. The van der Waals surface area contributed by atoms with Crippen LogP contribution in [0.25, 0.3) is 0 Å². The fraction of sp³-hybridized carbons (Fsp3) is 0.651. The van der Waals surface area contributed by atoms with Gasteiger partial charge in [-0.3, -0.25) is 14.7 Å². The lowest BCUT2D eigenvalue weighted by atomic mass is 9.87. The van der Waals surface area contributed by atoms with Crippen molar-refractivity contribution in [3.63, 3.8) is 0 Å². The number of anilines is 1. The summed E-state index contributed by atoms with van der Waals surface area (Å²) >= 11 is 0. The van der Waals surface area contributed by atoms with Crippen LogP contribution in [0.15, 0.2) is 60.3 Å².